The molecule has 0 spiro atoms. The number of pyridine rings is 1. The Bertz CT molecular complexity index is 1270. The number of hydrogen-bond acceptors (Lipinski definition) is 5. The Balaban J connectivity index is 1.42. The second-order valence-electron chi connectivity index (χ2n) is 7.40. The fourth-order valence-corrected chi connectivity index (χ4v) is 3.49. The molecule has 2 amide bonds. The van der Waals surface area contributed by atoms with Gasteiger partial charge in [0.15, 0.2) is 5.82 Å². The Morgan fingerprint density at radius 1 is 0.882 bits per heavy atom. The van der Waals surface area contributed by atoms with Crippen molar-refractivity contribution in [3.63, 3.8) is 0 Å². The van der Waals surface area contributed by atoms with Crippen molar-refractivity contribution in [1.82, 2.24) is 14.8 Å². The quantitative estimate of drug-likeness (QED) is 0.400. The second kappa shape index (κ2) is 10.4. The molecule has 0 fully saturated rings. The molecule has 4 rings (SSSR count). The molecular formula is C26H25N5O3. The molecule has 2 heterocycles. The molecule has 34 heavy (non-hydrogen) atoms. The molecule has 0 aliphatic carbocycles. The van der Waals surface area contributed by atoms with E-state index < -0.39 is 0 Å². The van der Waals surface area contributed by atoms with E-state index in [0.29, 0.717) is 41.3 Å². The minimum atomic E-state index is -0.273. The summed E-state index contributed by atoms with van der Waals surface area (Å²) in [6.45, 7) is 4.46. The fraction of sp³-hybridized carbons (Fsp3) is 0.154. The summed E-state index contributed by atoms with van der Waals surface area (Å²) in [5.41, 5.74) is 2.97. The van der Waals surface area contributed by atoms with Gasteiger partial charge in [-0.15, -0.1) is 0 Å². The number of ether oxygens (including phenoxy) is 1. The maximum Gasteiger partial charge on any atom is 0.259 e. The van der Waals surface area contributed by atoms with E-state index in [1.807, 2.05) is 32.0 Å². The summed E-state index contributed by atoms with van der Waals surface area (Å²) in [5, 5.41) is 10.1. The number of amides is 2. The first kappa shape index (κ1) is 22.7. The Labute approximate surface area is 197 Å². The van der Waals surface area contributed by atoms with E-state index in [2.05, 4.69) is 20.7 Å². The van der Waals surface area contributed by atoms with Gasteiger partial charge < -0.3 is 15.4 Å². The lowest BCUT2D eigenvalue weighted by Crippen LogP contribution is -2.15. The van der Waals surface area contributed by atoms with Crippen molar-refractivity contribution < 1.29 is 14.3 Å². The van der Waals surface area contributed by atoms with Crippen LogP contribution in [0.4, 0.5) is 11.4 Å². The third kappa shape index (κ3) is 5.12. The van der Waals surface area contributed by atoms with Crippen molar-refractivity contribution in [3.8, 4) is 11.6 Å². The lowest BCUT2D eigenvalue weighted by molar-refractivity contribution is 0.101. The fourth-order valence-electron chi connectivity index (χ4n) is 3.49. The highest BCUT2D eigenvalue weighted by Crippen LogP contribution is 2.19. The van der Waals surface area contributed by atoms with E-state index in [9.17, 15) is 9.59 Å². The van der Waals surface area contributed by atoms with Gasteiger partial charge in [-0.05, 0) is 74.0 Å². The van der Waals surface area contributed by atoms with Gasteiger partial charge in [-0.3, -0.25) is 9.59 Å². The minimum Gasteiger partial charge on any atom is -0.494 e. The standard InChI is InChI=1S/C26H25N5O3/c1-3-23-22(17-28-31(23)24-7-5-6-16-27-24)26(33)30-19-10-8-18(9-11-19)25(32)29-20-12-14-21(15-13-20)34-4-2/h5-17H,3-4H2,1-2H3,(H,29,32)(H,30,33). The van der Waals surface area contributed by atoms with E-state index >= 15 is 0 Å². The van der Waals surface area contributed by atoms with Crippen LogP contribution in [0.2, 0.25) is 0 Å². The molecule has 8 heteroatoms. The zero-order valence-electron chi connectivity index (χ0n) is 19.0. The number of benzene rings is 2. The van der Waals surface area contributed by atoms with Crippen LogP contribution in [0, 0.1) is 0 Å². The van der Waals surface area contributed by atoms with Crippen molar-refractivity contribution in [1.29, 1.82) is 0 Å². The summed E-state index contributed by atoms with van der Waals surface area (Å²) in [6.07, 6.45) is 3.84. The zero-order chi connectivity index (χ0) is 23.9. The minimum absolute atomic E-state index is 0.244. The number of rotatable bonds is 8. The lowest BCUT2D eigenvalue weighted by Gasteiger charge is -2.09. The van der Waals surface area contributed by atoms with Crippen LogP contribution in [0.25, 0.3) is 5.82 Å². The highest BCUT2D eigenvalue weighted by molar-refractivity contribution is 6.06. The molecule has 4 aromatic rings. The highest BCUT2D eigenvalue weighted by atomic mass is 16.5. The van der Waals surface area contributed by atoms with E-state index in [1.54, 1.807) is 65.6 Å². The van der Waals surface area contributed by atoms with Gasteiger partial charge in [-0.2, -0.15) is 5.10 Å². The van der Waals surface area contributed by atoms with Crippen LogP contribution in [0.5, 0.6) is 5.75 Å². The molecule has 2 N–H and O–H groups in total. The molecular weight excluding hydrogens is 430 g/mol. The molecule has 172 valence electrons. The van der Waals surface area contributed by atoms with Gasteiger partial charge >= 0.3 is 0 Å². The molecule has 2 aromatic carbocycles. The Morgan fingerprint density at radius 3 is 2.18 bits per heavy atom. The number of anilines is 2. The summed E-state index contributed by atoms with van der Waals surface area (Å²) in [5.74, 6) is 0.885. The van der Waals surface area contributed by atoms with Crippen molar-refractivity contribution >= 4 is 23.2 Å². The number of nitrogens with one attached hydrogen (secondary N) is 2. The number of carbonyl (C=O) groups excluding carboxylic acids is 2. The van der Waals surface area contributed by atoms with Gasteiger partial charge in [0.1, 0.15) is 5.75 Å². The molecule has 0 saturated carbocycles. The molecule has 8 nitrogen and oxygen atoms in total. The summed E-state index contributed by atoms with van der Waals surface area (Å²) in [7, 11) is 0. The largest absolute Gasteiger partial charge is 0.494 e. The van der Waals surface area contributed by atoms with Crippen LogP contribution in [0.3, 0.4) is 0 Å². The maximum atomic E-state index is 12.9. The normalized spacial score (nSPS) is 10.5. The van der Waals surface area contributed by atoms with Crippen molar-refractivity contribution in [2.45, 2.75) is 20.3 Å². The topological polar surface area (TPSA) is 98.1 Å². The molecule has 0 aliphatic rings. The first-order valence-corrected chi connectivity index (χ1v) is 11.0. The average Bonchev–Trinajstić information content (AvgIpc) is 3.31. The number of hydrogen-bond donors (Lipinski definition) is 2. The SMILES string of the molecule is CCOc1ccc(NC(=O)c2ccc(NC(=O)c3cnn(-c4ccccn4)c3CC)cc2)cc1. The van der Waals surface area contributed by atoms with Crippen LogP contribution >= 0.6 is 0 Å². The average molecular weight is 456 g/mol. The van der Waals surface area contributed by atoms with E-state index in [-0.39, 0.29) is 11.8 Å². The van der Waals surface area contributed by atoms with E-state index in [1.165, 1.54) is 0 Å². The Kier molecular flexibility index (Phi) is 6.98. The third-order valence-corrected chi connectivity index (χ3v) is 5.14. The second-order valence-corrected chi connectivity index (χ2v) is 7.40. The molecule has 0 aliphatic heterocycles. The van der Waals surface area contributed by atoms with Gasteiger partial charge in [0.2, 0.25) is 0 Å². The van der Waals surface area contributed by atoms with Crippen LogP contribution < -0.4 is 15.4 Å². The van der Waals surface area contributed by atoms with Crippen molar-refractivity contribution in [3.05, 3.63) is 95.9 Å². The van der Waals surface area contributed by atoms with Gasteiger partial charge in [-0.25, -0.2) is 9.67 Å². The van der Waals surface area contributed by atoms with Gasteiger partial charge in [0, 0.05) is 23.1 Å². The van der Waals surface area contributed by atoms with Gasteiger partial charge in [-0.1, -0.05) is 13.0 Å². The number of nitrogens with zero attached hydrogens (tertiary/aromatic N) is 3. The molecule has 0 saturated heterocycles. The van der Waals surface area contributed by atoms with Crippen molar-refractivity contribution in [2.75, 3.05) is 17.2 Å². The smallest absolute Gasteiger partial charge is 0.259 e. The van der Waals surface area contributed by atoms with Crippen LogP contribution in [0.1, 0.15) is 40.3 Å². The highest BCUT2D eigenvalue weighted by Gasteiger charge is 2.18. The monoisotopic (exact) mass is 455 g/mol. The first-order chi connectivity index (χ1) is 16.6. The van der Waals surface area contributed by atoms with Crippen LogP contribution in [0.15, 0.2) is 79.1 Å². The van der Waals surface area contributed by atoms with Crippen molar-refractivity contribution in [2.24, 2.45) is 0 Å². The summed E-state index contributed by atoms with van der Waals surface area (Å²) < 4.78 is 7.08. The summed E-state index contributed by atoms with van der Waals surface area (Å²) >= 11 is 0. The Morgan fingerprint density at radius 2 is 1.56 bits per heavy atom. The Hall–Kier alpha value is -4.46. The number of aromatic nitrogens is 3. The van der Waals surface area contributed by atoms with Gasteiger partial charge in [0.25, 0.3) is 11.8 Å². The van der Waals surface area contributed by atoms with E-state index in [4.69, 9.17) is 4.74 Å². The number of carbonyl (C=O) groups is 2. The molecule has 2 aromatic heterocycles. The van der Waals surface area contributed by atoms with E-state index in [0.717, 1.165) is 11.4 Å². The van der Waals surface area contributed by atoms with Crippen LogP contribution in [-0.4, -0.2) is 33.2 Å². The predicted octanol–water partition coefficient (Wildman–Crippen LogP) is 4.73. The first-order valence-electron chi connectivity index (χ1n) is 11.0. The van der Waals surface area contributed by atoms with Crippen LogP contribution in [-0.2, 0) is 6.42 Å². The third-order valence-electron chi connectivity index (χ3n) is 5.14. The molecule has 0 unspecified atom stereocenters. The maximum absolute atomic E-state index is 12.9. The predicted molar refractivity (Wildman–Crippen MR) is 131 cm³/mol. The molecule has 0 atom stereocenters. The lowest BCUT2D eigenvalue weighted by atomic mass is 10.1. The summed E-state index contributed by atoms with van der Waals surface area (Å²) in [6, 6.07) is 19.4. The molecule has 0 bridgehead atoms. The molecule has 0 radical (unpaired) electrons. The van der Waals surface area contributed by atoms with Gasteiger partial charge in [0.05, 0.1) is 24.1 Å². The zero-order valence-corrected chi connectivity index (χ0v) is 19.0. The summed E-state index contributed by atoms with van der Waals surface area (Å²) in [4.78, 5) is 29.8.